The fourth-order valence-electron chi connectivity index (χ4n) is 3.17. The third-order valence-electron chi connectivity index (χ3n) is 4.47. The molecule has 1 unspecified atom stereocenters. The minimum absolute atomic E-state index is 0.101. The van der Waals surface area contributed by atoms with E-state index in [0.717, 1.165) is 34.7 Å². The standard InChI is InChI=1S/C19H19N3O2S/c1-13-9-10-16(25-13)19(23)22-11-5-8-15(12-22)18-21-20-17(24-18)14-6-3-2-4-7-14/h2-4,6-7,9-10,15H,5,8,11-12H2,1H3. The highest BCUT2D eigenvalue weighted by atomic mass is 32.1. The van der Waals surface area contributed by atoms with Crippen LogP contribution in [0.4, 0.5) is 0 Å². The maximum absolute atomic E-state index is 12.7. The van der Waals surface area contributed by atoms with Crippen LogP contribution in [0.2, 0.25) is 0 Å². The van der Waals surface area contributed by atoms with Crippen LogP contribution in [0.15, 0.2) is 46.9 Å². The Labute approximate surface area is 150 Å². The highest BCUT2D eigenvalue weighted by Gasteiger charge is 2.29. The van der Waals surface area contributed by atoms with Crippen molar-refractivity contribution in [3.8, 4) is 11.5 Å². The summed E-state index contributed by atoms with van der Waals surface area (Å²) in [6.45, 7) is 3.43. The summed E-state index contributed by atoms with van der Waals surface area (Å²) in [6.07, 6.45) is 1.91. The molecule has 1 atom stereocenters. The van der Waals surface area contributed by atoms with Crippen molar-refractivity contribution in [2.24, 2.45) is 0 Å². The number of rotatable bonds is 3. The highest BCUT2D eigenvalue weighted by Crippen LogP contribution is 2.29. The summed E-state index contributed by atoms with van der Waals surface area (Å²) in [5, 5.41) is 8.41. The van der Waals surface area contributed by atoms with Crippen LogP contribution in [0.1, 0.15) is 39.2 Å². The average molecular weight is 353 g/mol. The summed E-state index contributed by atoms with van der Waals surface area (Å²) < 4.78 is 5.89. The molecule has 3 heterocycles. The van der Waals surface area contributed by atoms with E-state index in [4.69, 9.17) is 4.42 Å². The molecule has 4 rings (SSSR count). The number of hydrogen-bond donors (Lipinski definition) is 0. The van der Waals surface area contributed by atoms with Crippen molar-refractivity contribution in [2.75, 3.05) is 13.1 Å². The molecule has 1 aromatic carbocycles. The summed E-state index contributed by atoms with van der Waals surface area (Å²) in [5.74, 6) is 1.36. The number of aromatic nitrogens is 2. The second-order valence-corrected chi connectivity index (χ2v) is 7.60. The molecule has 0 N–H and O–H groups in total. The zero-order chi connectivity index (χ0) is 17.2. The van der Waals surface area contributed by atoms with Crippen LogP contribution in [-0.2, 0) is 0 Å². The van der Waals surface area contributed by atoms with E-state index in [2.05, 4.69) is 10.2 Å². The van der Waals surface area contributed by atoms with Gasteiger partial charge in [0.2, 0.25) is 11.8 Å². The number of amides is 1. The minimum atomic E-state index is 0.101. The van der Waals surface area contributed by atoms with Crippen molar-refractivity contribution in [2.45, 2.75) is 25.7 Å². The van der Waals surface area contributed by atoms with Crippen LogP contribution < -0.4 is 0 Å². The quantitative estimate of drug-likeness (QED) is 0.710. The largest absolute Gasteiger partial charge is 0.420 e. The monoisotopic (exact) mass is 353 g/mol. The zero-order valence-electron chi connectivity index (χ0n) is 14.0. The first-order valence-corrected chi connectivity index (χ1v) is 9.27. The summed E-state index contributed by atoms with van der Waals surface area (Å²) in [5.41, 5.74) is 0.916. The van der Waals surface area contributed by atoms with Crippen LogP contribution in [0.25, 0.3) is 11.5 Å². The number of aryl methyl sites for hydroxylation is 1. The summed E-state index contributed by atoms with van der Waals surface area (Å²) in [4.78, 5) is 16.5. The molecule has 0 spiro atoms. The van der Waals surface area contributed by atoms with Crippen LogP contribution in [0.5, 0.6) is 0 Å². The molecule has 6 heteroatoms. The van der Waals surface area contributed by atoms with E-state index < -0.39 is 0 Å². The molecule has 0 bridgehead atoms. The fourth-order valence-corrected chi connectivity index (χ4v) is 4.00. The van der Waals surface area contributed by atoms with Gasteiger partial charge >= 0.3 is 0 Å². The number of carbonyl (C=O) groups is 1. The molecule has 128 valence electrons. The van der Waals surface area contributed by atoms with E-state index in [1.54, 1.807) is 11.3 Å². The molecule has 1 amide bonds. The molecule has 25 heavy (non-hydrogen) atoms. The number of piperidine rings is 1. The molecule has 1 aliphatic rings. The fraction of sp³-hybridized carbons (Fsp3) is 0.316. The second kappa shape index (κ2) is 6.80. The van der Waals surface area contributed by atoms with Crippen molar-refractivity contribution in [1.29, 1.82) is 0 Å². The third-order valence-corrected chi connectivity index (χ3v) is 5.46. The first kappa shape index (κ1) is 16.0. The number of thiophene rings is 1. The number of likely N-dealkylation sites (tertiary alicyclic amines) is 1. The minimum Gasteiger partial charge on any atom is -0.420 e. The number of hydrogen-bond acceptors (Lipinski definition) is 5. The first-order chi connectivity index (χ1) is 12.2. The lowest BCUT2D eigenvalue weighted by atomic mass is 9.98. The Kier molecular flexibility index (Phi) is 4.36. The van der Waals surface area contributed by atoms with Crippen molar-refractivity contribution >= 4 is 17.2 Å². The average Bonchev–Trinajstić information content (AvgIpc) is 3.31. The zero-order valence-corrected chi connectivity index (χ0v) is 14.8. The Bertz CT molecular complexity index is 872. The number of nitrogens with zero attached hydrogens (tertiary/aromatic N) is 3. The lowest BCUT2D eigenvalue weighted by molar-refractivity contribution is 0.0703. The van der Waals surface area contributed by atoms with Crippen LogP contribution in [0, 0.1) is 6.92 Å². The van der Waals surface area contributed by atoms with Gasteiger partial charge in [-0.25, -0.2) is 0 Å². The third kappa shape index (κ3) is 3.35. The Morgan fingerprint density at radius 1 is 1.20 bits per heavy atom. The van der Waals surface area contributed by atoms with E-state index >= 15 is 0 Å². The van der Waals surface area contributed by atoms with E-state index in [9.17, 15) is 4.79 Å². The van der Waals surface area contributed by atoms with Gasteiger partial charge in [-0.2, -0.15) is 0 Å². The van der Waals surface area contributed by atoms with Gasteiger partial charge < -0.3 is 9.32 Å². The normalized spacial score (nSPS) is 17.6. The maximum atomic E-state index is 12.7. The van der Waals surface area contributed by atoms with Gasteiger partial charge in [-0.3, -0.25) is 4.79 Å². The molecule has 1 fully saturated rings. The SMILES string of the molecule is Cc1ccc(C(=O)N2CCCC(c3nnc(-c4ccccc4)o3)C2)s1. The van der Waals surface area contributed by atoms with Gasteiger partial charge in [-0.05, 0) is 44.0 Å². The van der Waals surface area contributed by atoms with Crippen molar-refractivity contribution in [1.82, 2.24) is 15.1 Å². The Morgan fingerprint density at radius 3 is 2.80 bits per heavy atom. The Hall–Kier alpha value is -2.47. The van der Waals surface area contributed by atoms with Crippen LogP contribution in [-0.4, -0.2) is 34.1 Å². The Morgan fingerprint density at radius 2 is 2.04 bits per heavy atom. The predicted octanol–water partition coefficient (Wildman–Crippen LogP) is 4.13. The van der Waals surface area contributed by atoms with Gasteiger partial charge in [0.1, 0.15) is 0 Å². The molecule has 2 aromatic heterocycles. The first-order valence-electron chi connectivity index (χ1n) is 8.45. The van der Waals surface area contributed by atoms with Crippen molar-refractivity contribution in [3.63, 3.8) is 0 Å². The summed E-state index contributed by atoms with van der Waals surface area (Å²) in [6, 6.07) is 13.7. The maximum Gasteiger partial charge on any atom is 0.263 e. The molecular weight excluding hydrogens is 334 g/mol. The molecule has 1 saturated heterocycles. The van der Waals surface area contributed by atoms with Crippen molar-refractivity contribution < 1.29 is 9.21 Å². The van der Waals surface area contributed by atoms with E-state index in [1.807, 2.05) is 54.3 Å². The molecule has 0 aliphatic carbocycles. The lowest BCUT2D eigenvalue weighted by Gasteiger charge is -2.30. The van der Waals surface area contributed by atoms with E-state index in [0.29, 0.717) is 18.3 Å². The number of benzene rings is 1. The van der Waals surface area contributed by atoms with Gasteiger partial charge in [0, 0.05) is 23.5 Å². The van der Waals surface area contributed by atoms with Gasteiger partial charge in [-0.1, -0.05) is 18.2 Å². The van der Waals surface area contributed by atoms with Crippen LogP contribution >= 0.6 is 11.3 Å². The lowest BCUT2D eigenvalue weighted by Crippen LogP contribution is -2.38. The molecule has 5 nitrogen and oxygen atoms in total. The summed E-state index contributed by atoms with van der Waals surface area (Å²) in [7, 11) is 0. The Balaban J connectivity index is 1.50. The second-order valence-electron chi connectivity index (χ2n) is 6.31. The molecule has 1 aliphatic heterocycles. The highest BCUT2D eigenvalue weighted by molar-refractivity contribution is 7.13. The molecule has 0 saturated carbocycles. The molecule has 3 aromatic rings. The molecule has 0 radical (unpaired) electrons. The van der Waals surface area contributed by atoms with Gasteiger partial charge in [-0.15, -0.1) is 21.5 Å². The van der Waals surface area contributed by atoms with Gasteiger partial charge in [0.25, 0.3) is 5.91 Å². The van der Waals surface area contributed by atoms with Crippen molar-refractivity contribution in [3.05, 3.63) is 58.1 Å². The predicted molar refractivity (Wildman–Crippen MR) is 96.7 cm³/mol. The summed E-state index contributed by atoms with van der Waals surface area (Å²) >= 11 is 1.55. The van der Waals surface area contributed by atoms with Gasteiger partial charge in [0.15, 0.2) is 0 Å². The number of carbonyl (C=O) groups excluding carboxylic acids is 1. The van der Waals surface area contributed by atoms with Gasteiger partial charge in [0.05, 0.1) is 10.8 Å². The van der Waals surface area contributed by atoms with E-state index in [1.165, 1.54) is 0 Å². The smallest absolute Gasteiger partial charge is 0.263 e. The van der Waals surface area contributed by atoms with Crippen LogP contribution in [0.3, 0.4) is 0 Å². The van der Waals surface area contributed by atoms with E-state index in [-0.39, 0.29) is 11.8 Å². The molecular formula is C19H19N3O2S. The topological polar surface area (TPSA) is 59.2 Å².